The molecule has 0 aliphatic carbocycles. The zero-order chi connectivity index (χ0) is 11.0. The van der Waals surface area contributed by atoms with Crippen molar-refractivity contribution in [3.05, 3.63) is 40.0 Å². The van der Waals surface area contributed by atoms with E-state index in [1.807, 2.05) is 0 Å². The lowest BCUT2D eigenvalue weighted by molar-refractivity contribution is 1.28. The van der Waals surface area contributed by atoms with Gasteiger partial charge in [0.1, 0.15) is 0 Å². The number of alkyl halides is 1. The molecule has 0 amide bonds. The summed E-state index contributed by atoms with van der Waals surface area (Å²) in [4.78, 5) is 2.88. The summed E-state index contributed by atoms with van der Waals surface area (Å²) >= 11 is 17.7. The van der Waals surface area contributed by atoms with Crippen LogP contribution in [0.1, 0.15) is 14.6 Å². The van der Waals surface area contributed by atoms with Gasteiger partial charge in [-0.3, -0.25) is 0 Å². The summed E-state index contributed by atoms with van der Waals surface area (Å²) in [7, 11) is 0. The fraction of sp³-hybridized carbons (Fsp3) is 0.111. The highest BCUT2D eigenvalue weighted by atomic mass is 79.9. The first-order chi connectivity index (χ1) is 7.08. The quantitative estimate of drug-likeness (QED) is 0.413. The van der Waals surface area contributed by atoms with Gasteiger partial charge >= 0.3 is 0 Å². The van der Waals surface area contributed by atoms with Crippen molar-refractivity contribution in [1.29, 1.82) is 0 Å². The summed E-state index contributed by atoms with van der Waals surface area (Å²) in [6, 6.07) is 6.35. The predicted octanol–water partition coefficient (Wildman–Crippen LogP) is 6.58. The Morgan fingerprint density at radius 1 is 1.00 bits per heavy atom. The molecular weight excluding hydrogens is 492 g/mol. The summed E-state index contributed by atoms with van der Waals surface area (Å²) in [5.41, 5.74) is 0. The lowest BCUT2D eigenvalue weighted by Crippen LogP contribution is -1.83. The van der Waals surface area contributed by atoms with E-state index in [9.17, 15) is 0 Å². The first kappa shape index (κ1) is 12.8. The number of hydrogen-bond donors (Lipinski definition) is 0. The van der Waals surface area contributed by atoms with Crippen LogP contribution in [0.25, 0.3) is 0 Å². The third-order valence-corrected chi connectivity index (χ3v) is 8.36. The summed E-state index contributed by atoms with van der Waals surface area (Å²) in [5, 5.41) is 0. The second kappa shape index (κ2) is 5.31. The van der Waals surface area contributed by atoms with E-state index in [2.05, 4.69) is 81.9 Å². The number of halogens is 4. The first-order valence-corrected chi connectivity index (χ1v) is 8.84. The monoisotopic (exact) mass is 492 g/mol. The molecule has 6 heteroatoms. The average Bonchev–Trinajstić information content (AvgIpc) is 2.74. The molecule has 80 valence electrons. The Labute approximate surface area is 130 Å². The van der Waals surface area contributed by atoms with Crippen LogP contribution in [-0.4, -0.2) is 0 Å². The molecule has 0 fully saturated rings. The predicted molar refractivity (Wildman–Crippen MR) is 82.5 cm³/mol. The molecule has 1 atom stereocenters. The smallest absolute Gasteiger partial charge is 0.0843 e. The van der Waals surface area contributed by atoms with Crippen molar-refractivity contribution in [3.63, 3.8) is 0 Å². The van der Waals surface area contributed by atoms with Crippen LogP contribution in [-0.2, 0) is 0 Å². The Bertz CT molecular complexity index is 455. The molecule has 0 saturated carbocycles. The molecule has 0 spiro atoms. The maximum atomic E-state index is 3.71. The Balaban J connectivity index is 2.31. The van der Waals surface area contributed by atoms with Crippen molar-refractivity contribution >= 4 is 86.4 Å². The van der Waals surface area contributed by atoms with Gasteiger partial charge in [-0.2, -0.15) is 0 Å². The molecule has 2 aromatic rings. The van der Waals surface area contributed by atoms with E-state index < -0.39 is 0 Å². The van der Waals surface area contributed by atoms with E-state index in [4.69, 9.17) is 0 Å². The minimum atomic E-state index is 0.279. The molecule has 0 aliphatic heterocycles. The third-order valence-electron chi connectivity index (χ3n) is 1.76. The van der Waals surface area contributed by atoms with E-state index >= 15 is 0 Å². The van der Waals surface area contributed by atoms with Crippen LogP contribution >= 0.6 is 86.4 Å². The second-order valence-electron chi connectivity index (χ2n) is 2.77. The molecule has 2 aromatic heterocycles. The lowest BCUT2D eigenvalue weighted by atomic mass is 10.3. The molecule has 2 rings (SSSR count). The molecule has 0 N–H and O–H groups in total. The third kappa shape index (κ3) is 2.96. The van der Waals surface area contributed by atoms with Crippen LogP contribution in [0.5, 0.6) is 0 Å². The van der Waals surface area contributed by atoms with E-state index in [-0.39, 0.29) is 4.83 Å². The maximum Gasteiger partial charge on any atom is 0.0843 e. The summed E-state index contributed by atoms with van der Waals surface area (Å²) in [6.45, 7) is 0. The van der Waals surface area contributed by atoms with Crippen molar-refractivity contribution in [1.82, 2.24) is 0 Å². The summed E-state index contributed by atoms with van der Waals surface area (Å²) in [6.07, 6.45) is 0. The van der Waals surface area contributed by atoms with Gasteiger partial charge in [0.2, 0.25) is 0 Å². The van der Waals surface area contributed by atoms with Gasteiger partial charge in [0.05, 0.1) is 12.4 Å². The SMILES string of the molecule is Brc1ccc(C(Br)c2cc(Br)c(Br)s2)s1. The van der Waals surface area contributed by atoms with Crippen LogP contribution in [0.2, 0.25) is 0 Å². The van der Waals surface area contributed by atoms with E-state index in [0.717, 1.165) is 12.0 Å². The molecule has 0 aliphatic rings. The van der Waals surface area contributed by atoms with Crippen LogP contribution < -0.4 is 0 Å². The van der Waals surface area contributed by atoms with Gasteiger partial charge in [0.25, 0.3) is 0 Å². The zero-order valence-electron chi connectivity index (χ0n) is 7.14. The van der Waals surface area contributed by atoms with Crippen LogP contribution in [0.4, 0.5) is 0 Å². The van der Waals surface area contributed by atoms with Gasteiger partial charge in [-0.25, -0.2) is 0 Å². The summed E-state index contributed by atoms with van der Waals surface area (Å²) < 4.78 is 3.41. The molecule has 1 unspecified atom stereocenters. The van der Waals surface area contributed by atoms with Gasteiger partial charge in [0, 0.05) is 14.2 Å². The highest BCUT2D eigenvalue weighted by Gasteiger charge is 2.16. The maximum absolute atomic E-state index is 3.71. The van der Waals surface area contributed by atoms with Crippen molar-refractivity contribution in [2.45, 2.75) is 4.83 Å². The normalized spacial score (nSPS) is 13.1. The highest BCUT2D eigenvalue weighted by Crippen LogP contribution is 2.43. The number of rotatable bonds is 2. The fourth-order valence-electron chi connectivity index (χ4n) is 1.09. The topological polar surface area (TPSA) is 0 Å². The second-order valence-corrected chi connectivity index (χ2v) is 9.44. The lowest BCUT2D eigenvalue weighted by Gasteiger charge is -2.03. The Hall–Kier alpha value is 1.32. The van der Waals surface area contributed by atoms with Gasteiger partial charge in [-0.15, -0.1) is 22.7 Å². The fourth-order valence-corrected chi connectivity index (χ4v) is 5.52. The van der Waals surface area contributed by atoms with Gasteiger partial charge < -0.3 is 0 Å². The molecule has 0 saturated heterocycles. The minimum Gasteiger partial charge on any atom is -0.132 e. The molecule has 0 bridgehead atoms. The van der Waals surface area contributed by atoms with Crippen LogP contribution in [0.15, 0.2) is 30.2 Å². The first-order valence-electron chi connectivity index (χ1n) is 3.92. The zero-order valence-corrected chi connectivity index (χ0v) is 15.1. The van der Waals surface area contributed by atoms with Crippen molar-refractivity contribution in [2.24, 2.45) is 0 Å². The molecule has 15 heavy (non-hydrogen) atoms. The van der Waals surface area contributed by atoms with Crippen LogP contribution in [0, 0.1) is 0 Å². The van der Waals surface area contributed by atoms with E-state index in [0.29, 0.717) is 0 Å². The average molecular weight is 496 g/mol. The highest BCUT2D eigenvalue weighted by molar-refractivity contribution is 9.13. The Morgan fingerprint density at radius 3 is 2.20 bits per heavy atom. The molecular formula is C9H4Br4S2. The Morgan fingerprint density at radius 2 is 1.73 bits per heavy atom. The molecule has 0 radical (unpaired) electrons. The van der Waals surface area contributed by atoms with E-state index in [1.165, 1.54) is 9.75 Å². The van der Waals surface area contributed by atoms with Crippen molar-refractivity contribution < 1.29 is 0 Å². The minimum absolute atomic E-state index is 0.279. The summed E-state index contributed by atoms with van der Waals surface area (Å²) in [5.74, 6) is 0. The molecule has 0 aromatic carbocycles. The van der Waals surface area contributed by atoms with E-state index in [1.54, 1.807) is 22.7 Å². The number of hydrogen-bond acceptors (Lipinski definition) is 2. The van der Waals surface area contributed by atoms with Gasteiger partial charge in [0.15, 0.2) is 0 Å². The Kier molecular flexibility index (Phi) is 4.52. The largest absolute Gasteiger partial charge is 0.132 e. The van der Waals surface area contributed by atoms with Crippen molar-refractivity contribution in [2.75, 3.05) is 0 Å². The molecule has 2 heterocycles. The van der Waals surface area contributed by atoms with Gasteiger partial charge in [-0.1, -0.05) is 15.9 Å². The van der Waals surface area contributed by atoms with Crippen LogP contribution in [0.3, 0.4) is 0 Å². The number of thiophene rings is 2. The molecule has 0 nitrogen and oxygen atoms in total. The van der Waals surface area contributed by atoms with Gasteiger partial charge in [-0.05, 0) is 66.0 Å². The standard InChI is InChI=1S/C9H4Br4S2/c10-4-3-6(15-9(4)13)8(12)5-1-2-7(11)14-5/h1-3,8H. The van der Waals surface area contributed by atoms with Crippen molar-refractivity contribution in [3.8, 4) is 0 Å².